The maximum atomic E-state index is 6.27. The Morgan fingerprint density at radius 1 is 1.33 bits per heavy atom. The Balaban J connectivity index is 2.46. The molecule has 0 bridgehead atoms. The molecule has 2 N–H and O–H groups in total. The van der Waals surface area contributed by atoms with Gasteiger partial charge in [-0.25, -0.2) is 0 Å². The van der Waals surface area contributed by atoms with E-state index in [-0.39, 0.29) is 12.1 Å². The maximum absolute atomic E-state index is 6.27. The maximum Gasteiger partial charge on any atom is 0.161 e. The predicted molar refractivity (Wildman–Crippen MR) is 69.4 cm³/mol. The van der Waals surface area contributed by atoms with Gasteiger partial charge in [-0.1, -0.05) is 6.07 Å². The summed E-state index contributed by atoms with van der Waals surface area (Å²) in [5.41, 5.74) is 7.93. The Labute approximate surface area is 107 Å². The van der Waals surface area contributed by atoms with Crippen LogP contribution in [-0.4, -0.2) is 21.9 Å². The summed E-state index contributed by atoms with van der Waals surface area (Å²) < 4.78 is 7.20. The fourth-order valence-electron chi connectivity index (χ4n) is 1.92. The summed E-state index contributed by atoms with van der Waals surface area (Å²) >= 11 is 0. The summed E-state index contributed by atoms with van der Waals surface area (Å²) in [6.07, 6.45) is 3.43. The van der Waals surface area contributed by atoms with Crippen LogP contribution in [0.2, 0.25) is 0 Å². The fourth-order valence-corrected chi connectivity index (χ4v) is 1.92. The molecule has 1 atom stereocenters. The number of ether oxygens (including phenoxy) is 1. The summed E-state index contributed by atoms with van der Waals surface area (Å²) in [4.78, 5) is 4.29. The van der Waals surface area contributed by atoms with Crippen LogP contribution in [-0.2, 0) is 0 Å². The molecule has 18 heavy (non-hydrogen) atoms. The second-order valence-corrected chi connectivity index (χ2v) is 4.37. The number of nitrogens with two attached hydrogens (primary N) is 1. The Morgan fingerprint density at radius 3 is 2.67 bits per heavy atom. The lowest BCUT2D eigenvalue weighted by atomic mass is 10.1. The number of methoxy groups -OCH3 is 1. The molecule has 0 fully saturated rings. The lowest BCUT2D eigenvalue weighted by Crippen LogP contribution is -2.20. The van der Waals surface area contributed by atoms with Crippen LogP contribution in [0.1, 0.15) is 37.3 Å². The third-order valence-electron chi connectivity index (χ3n) is 2.81. The van der Waals surface area contributed by atoms with Crippen LogP contribution in [0.25, 0.3) is 0 Å². The molecule has 2 rings (SSSR count). The van der Waals surface area contributed by atoms with E-state index in [4.69, 9.17) is 10.5 Å². The van der Waals surface area contributed by atoms with E-state index in [1.165, 1.54) is 0 Å². The normalized spacial score (nSPS) is 12.7. The van der Waals surface area contributed by atoms with Gasteiger partial charge in [0.15, 0.2) is 5.75 Å². The molecule has 1 unspecified atom stereocenters. The molecule has 0 aliphatic rings. The lowest BCUT2D eigenvalue weighted by molar-refractivity contribution is 0.400. The zero-order chi connectivity index (χ0) is 13.1. The zero-order valence-electron chi connectivity index (χ0n) is 10.9. The van der Waals surface area contributed by atoms with Crippen molar-refractivity contribution in [1.82, 2.24) is 14.8 Å². The van der Waals surface area contributed by atoms with Crippen LogP contribution in [0.15, 0.2) is 30.6 Å². The molecule has 0 aliphatic carbocycles. The first-order valence-electron chi connectivity index (χ1n) is 5.93. The molecule has 0 saturated carbocycles. The van der Waals surface area contributed by atoms with Gasteiger partial charge in [-0.2, -0.15) is 5.10 Å². The van der Waals surface area contributed by atoms with E-state index >= 15 is 0 Å². The molecule has 0 aliphatic heterocycles. The summed E-state index contributed by atoms with van der Waals surface area (Å²) in [6.45, 7) is 4.11. The average molecular weight is 246 g/mol. The first-order valence-corrected chi connectivity index (χ1v) is 5.93. The molecular weight excluding hydrogens is 228 g/mol. The second kappa shape index (κ2) is 5.18. The molecule has 96 valence electrons. The summed E-state index contributed by atoms with van der Waals surface area (Å²) in [6, 6.07) is 5.57. The van der Waals surface area contributed by atoms with Crippen molar-refractivity contribution in [2.24, 2.45) is 5.73 Å². The number of hydrogen-bond donors (Lipinski definition) is 1. The number of nitrogens with zero attached hydrogens (tertiary/aromatic N) is 3. The van der Waals surface area contributed by atoms with Crippen molar-refractivity contribution in [3.8, 4) is 5.75 Å². The number of aromatic nitrogens is 3. The highest BCUT2D eigenvalue weighted by Gasteiger charge is 2.22. The summed E-state index contributed by atoms with van der Waals surface area (Å²) in [5, 5.41) is 4.32. The monoisotopic (exact) mass is 246 g/mol. The molecule has 2 heterocycles. The SMILES string of the molecule is COc1cnn(C(C)C)c1C(N)c1ccccn1. The standard InChI is InChI=1S/C13H18N4O/c1-9(2)17-13(11(18-3)8-16-17)12(14)10-6-4-5-7-15-10/h4-9,12H,14H2,1-3H3. The van der Waals surface area contributed by atoms with Crippen molar-refractivity contribution < 1.29 is 4.74 Å². The van der Waals surface area contributed by atoms with Gasteiger partial charge in [0.25, 0.3) is 0 Å². The minimum Gasteiger partial charge on any atom is -0.493 e. The molecule has 0 saturated heterocycles. The highest BCUT2D eigenvalue weighted by atomic mass is 16.5. The van der Waals surface area contributed by atoms with Gasteiger partial charge < -0.3 is 10.5 Å². The molecular formula is C13H18N4O. The average Bonchev–Trinajstić information content (AvgIpc) is 2.82. The smallest absolute Gasteiger partial charge is 0.161 e. The Kier molecular flexibility index (Phi) is 3.62. The lowest BCUT2D eigenvalue weighted by Gasteiger charge is -2.17. The Bertz CT molecular complexity index is 507. The van der Waals surface area contributed by atoms with E-state index in [1.54, 1.807) is 19.5 Å². The zero-order valence-corrected chi connectivity index (χ0v) is 10.9. The van der Waals surface area contributed by atoms with E-state index in [9.17, 15) is 0 Å². The molecule has 0 radical (unpaired) electrons. The summed E-state index contributed by atoms with van der Waals surface area (Å²) in [5.74, 6) is 0.696. The van der Waals surface area contributed by atoms with Crippen molar-refractivity contribution in [1.29, 1.82) is 0 Å². The van der Waals surface area contributed by atoms with Crippen LogP contribution in [0.3, 0.4) is 0 Å². The van der Waals surface area contributed by atoms with Crippen molar-refractivity contribution in [3.05, 3.63) is 42.0 Å². The van der Waals surface area contributed by atoms with Gasteiger partial charge in [-0.05, 0) is 26.0 Å². The van der Waals surface area contributed by atoms with Gasteiger partial charge in [0.2, 0.25) is 0 Å². The molecule has 5 nitrogen and oxygen atoms in total. The van der Waals surface area contributed by atoms with E-state index in [2.05, 4.69) is 23.9 Å². The number of pyridine rings is 1. The first-order chi connectivity index (χ1) is 8.65. The van der Waals surface area contributed by atoms with Gasteiger partial charge in [-0.3, -0.25) is 9.67 Å². The molecule has 0 aromatic carbocycles. The van der Waals surface area contributed by atoms with E-state index in [0.717, 1.165) is 11.4 Å². The second-order valence-electron chi connectivity index (χ2n) is 4.37. The predicted octanol–water partition coefficient (Wildman–Crippen LogP) is 1.92. The number of rotatable bonds is 4. The molecule has 2 aromatic rings. The first kappa shape index (κ1) is 12.6. The van der Waals surface area contributed by atoms with Crippen molar-refractivity contribution in [2.75, 3.05) is 7.11 Å². The van der Waals surface area contributed by atoms with Crippen LogP contribution in [0, 0.1) is 0 Å². The molecule has 5 heteroatoms. The van der Waals surface area contributed by atoms with Crippen LogP contribution in [0.5, 0.6) is 5.75 Å². The minimum absolute atomic E-state index is 0.221. The molecule has 0 amide bonds. The third kappa shape index (κ3) is 2.22. The van der Waals surface area contributed by atoms with Gasteiger partial charge in [-0.15, -0.1) is 0 Å². The largest absolute Gasteiger partial charge is 0.493 e. The van der Waals surface area contributed by atoms with Crippen molar-refractivity contribution in [3.63, 3.8) is 0 Å². The molecule has 2 aromatic heterocycles. The van der Waals surface area contributed by atoms with Gasteiger partial charge >= 0.3 is 0 Å². The molecule has 0 spiro atoms. The van der Waals surface area contributed by atoms with E-state index in [0.29, 0.717) is 5.75 Å². The van der Waals surface area contributed by atoms with E-state index < -0.39 is 0 Å². The summed E-state index contributed by atoms with van der Waals surface area (Å²) in [7, 11) is 1.62. The number of hydrogen-bond acceptors (Lipinski definition) is 4. The van der Waals surface area contributed by atoms with E-state index in [1.807, 2.05) is 22.9 Å². The van der Waals surface area contributed by atoms with Crippen molar-refractivity contribution >= 4 is 0 Å². The highest BCUT2D eigenvalue weighted by Crippen LogP contribution is 2.29. The third-order valence-corrected chi connectivity index (χ3v) is 2.81. The quantitative estimate of drug-likeness (QED) is 0.895. The van der Waals surface area contributed by atoms with Gasteiger partial charge in [0, 0.05) is 12.2 Å². The minimum atomic E-state index is -0.342. The van der Waals surface area contributed by atoms with Gasteiger partial charge in [0.1, 0.15) is 5.69 Å². The fraction of sp³-hybridized carbons (Fsp3) is 0.385. The van der Waals surface area contributed by atoms with Crippen LogP contribution in [0.4, 0.5) is 0 Å². The van der Waals surface area contributed by atoms with Crippen LogP contribution >= 0.6 is 0 Å². The van der Waals surface area contributed by atoms with Gasteiger partial charge in [0.05, 0.1) is 25.0 Å². The highest BCUT2D eigenvalue weighted by molar-refractivity contribution is 5.33. The topological polar surface area (TPSA) is 66.0 Å². The van der Waals surface area contributed by atoms with Crippen molar-refractivity contribution in [2.45, 2.75) is 25.9 Å². The Morgan fingerprint density at radius 2 is 2.11 bits per heavy atom. The Hall–Kier alpha value is -1.88. The van der Waals surface area contributed by atoms with Crippen LogP contribution < -0.4 is 10.5 Å².